The lowest BCUT2D eigenvalue weighted by atomic mass is 10.1. The van der Waals surface area contributed by atoms with E-state index in [1.54, 1.807) is 0 Å². The normalized spacial score (nSPS) is 12.8. The van der Waals surface area contributed by atoms with Crippen LogP contribution >= 0.6 is 23.3 Å². The third kappa shape index (κ3) is 15.0. The van der Waals surface area contributed by atoms with Crippen molar-refractivity contribution in [3.63, 3.8) is 0 Å². The van der Waals surface area contributed by atoms with E-state index < -0.39 is 8.46 Å². The standard InChI is InChI=1S/C17H37BrS/c1-4-6-8-10-12-14-16-19(3,18)17-15-13-11-9-7-5-2/h4-17H2,1-3H3. The van der Waals surface area contributed by atoms with Crippen molar-refractivity contribution in [2.75, 3.05) is 17.8 Å². The SMILES string of the molecule is CCCCCCCCS(C)(Br)CCCCCCCC. The number of unbranched alkanes of at least 4 members (excludes halogenated alkanes) is 10. The summed E-state index contributed by atoms with van der Waals surface area (Å²) in [6.45, 7) is 4.58. The largest absolute Gasteiger partial charge is 0.186 e. The van der Waals surface area contributed by atoms with Crippen LogP contribution in [0.3, 0.4) is 0 Å². The predicted octanol–water partition coefficient (Wildman–Crippen LogP) is 7.45. The average molecular weight is 353 g/mol. The van der Waals surface area contributed by atoms with Gasteiger partial charge in [-0.25, -0.2) is 0 Å². The molecule has 118 valence electrons. The van der Waals surface area contributed by atoms with Crippen LogP contribution in [0.15, 0.2) is 0 Å². The minimum absolute atomic E-state index is 0.455. The fraction of sp³-hybridized carbons (Fsp3) is 1.00. The molecule has 0 atom stereocenters. The van der Waals surface area contributed by atoms with Gasteiger partial charge in [0, 0.05) is 0 Å². The molecule has 0 saturated carbocycles. The lowest BCUT2D eigenvalue weighted by Crippen LogP contribution is -2.01. The lowest BCUT2D eigenvalue weighted by Gasteiger charge is -2.28. The van der Waals surface area contributed by atoms with Crippen molar-refractivity contribution in [3.8, 4) is 0 Å². The molecule has 0 bridgehead atoms. The smallest absolute Gasteiger partial charge is 0.0139 e. The molecule has 0 aromatic heterocycles. The fourth-order valence-corrected chi connectivity index (χ4v) is 5.66. The highest BCUT2D eigenvalue weighted by Crippen LogP contribution is 2.53. The Kier molecular flexibility index (Phi) is 14.4. The first-order valence-electron chi connectivity index (χ1n) is 8.55. The molecular weight excluding hydrogens is 316 g/mol. The Bertz CT molecular complexity index is 162. The van der Waals surface area contributed by atoms with Crippen LogP contribution in [0.25, 0.3) is 0 Å². The van der Waals surface area contributed by atoms with Crippen molar-refractivity contribution in [1.29, 1.82) is 0 Å². The van der Waals surface area contributed by atoms with Crippen molar-refractivity contribution in [2.45, 2.75) is 90.9 Å². The van der Waals surface area contributed by atoms with Gasteiger partial charge in [0.1, 0.15) is 0 Å². The number of halogens is 1. The third-order valence-corrected chi connectivity index (χ3v) is 8.07. The van der Waals surface area contributed by atoms with Gasteiger partial charge in [-0.1, -0.05) is 78.1 Å². The Morgan fingerprint density at radius 2 is 0.895 bits per heavy atom. The topological polar surface area (TPSA) is 0 Å². The van der Waals surface area contributed by atoms with Crippen LogP contribution in [0, 0.1) is 0 Å². The van der Waals surface area contributed by atoms with Crippen LogP contribution in [0.4, 0.5) is 0 Å². The van der Waals surface area contributed by atoms with Crippen LogP contribution in [-0.4, -0.2) is 17.8 Å². The van der Waals surface area contributed by atoms with Gasteiger partial charge in [0.15, 0.2) is 0 Å². The van der Waals surface area contributed by atoms with Crippen LogP contribution in [0.5, 0.6) is 0 Å². The van der Waals surface area contributed by atoms with Crippen LogP contribution in [0.1, 0.15) is 90.9 Å². The zero-order valence-electron chi connectivity index (χ0n) is 13.7. The quantitative estimate of drug-likeness (QED) is 0.284. The highest BCUT2D eigenvalue weighted by molar-refractivity contribution is 9.58. The number of rotatable bonds is 14. The summed E-state index contributed by atoms with van der Waals surface area (Å²) in [4.78, 5) is 0. The molecule has 2 heteroatoms. The number of hydrogen-bond donors (Lipinski definition) is 0. The summed E-state index contributed by atoms with van der Waals surface area (Å²) in [6, 6.07) is 0. The van der Waals surface area contributed by atoms with Gasteiger partial charge in [0.05, 0.1) is 0 Å². The molecular formula is C17H37BrS. The lowest BCUT2D eigenvalue weighted by molar-refractivity contribution is 0.623. The summed E-state index contributed by atoms with van der Waals surface area (Å²) in [7, 11) is -0.455. The van der Waals surface area contributed by atoms with Gasteiger partial charge < -0.3 is 0 Å². The van der Waals surface area contributed by atoms with E-state index >= 15 is 0 Å². The first kappa shape index (κ1) is 19.8. The van der Waals surface area contributed by atoms with Crippen LogP contribution in [0.2, 0.25) is 0 Å². The van der Waals surface area contributed by atoms with E-state index in [4.69, 9.17) is 0 Å². The molecule has 0 heterocycles. The van der Waals surface area contributed by atoms with Gasteiger partial charge in [-0.2, -0.15) is 8.46 Å². The molecule has 0 unspecified atom stereocenters. The second-order valence-corrected chi connectivity index (χ2v) is 13.9. The third-order valence-electron chi connectivity index (χ3n) is 3.85. The Morgan fingerprint density at radius 1 is 0.579 bits per heavy atom. The molecule has 0 spiro atoms. The van der Waals surface area contributed by atoms with E-state index in [1.807, 2.05) is 0 Å². The highest BCUT2D eigenvalue weighted by Gasteiger charge is 2.12. The van der Waals surface area contributed by atoms with E-state index in [0.717, 1.165) is 0 Å². The molecule has 0 aliphatic heterocycles. The maximum Gasteiger partial charge on any atom is -0.0139 e. The zero-order chi connectivity index (χ0) is 14.4. The maximum atomic E-state index is 4.03. The predicted molar refractivity (Wildman–Crippen MR) is 98.9 cm³/mol. The average Bonchev–Trinajstić information content (AvgIpc) is 2.38. The fourth-order valence-electron chi connectivity index (χ4n) is 2.47. The van der Waals surface area contributed by atoms with Gasteiger partial charge >= 0.3 is 0 Å². The first-order valence-corrected chi connectivity index (χ1v) is 12.8. The van der Waals surface area contributed by atoms with Crippen molar-refractivity contribution in [3.05, 3.63) is 0 Å². The van der Waals surface area contributed by atoms with Gasteiger partial charge in [0.2, 0.25) is 0 Å². The molecule has 19 heavy (non-hydrogen) atoms. The van der Waals surface area contributed by atoms with Crippen molar-refractivity contribution < 1.29 is 0 Å². The molecule has 0 amide bonds. The molecule has 0 N–H and O–H groups in total. The van der Waals surface area contributed by atoms with E-state index in [-0.39, 0.29) is 0 Å². The maximum absolute atomic E-state index is 4.03. The molecule has 0 fully saturated rings. The molecule has 0 rings (SSSR count). The van der Waals surface area contributed by atoms with Crippen molar-refractivity contribution in [2.24, 2.45) is 0 Å². The van der Waals surface area contributed by atoms with Gasteiger partial charge in [-0.05, 0) is 45.4 Å². The minimum Gasteiger partial charge on any atom is -0.186 e. The highest BCUT2D eigenvalue weighted by atomic mass is 79.9. The summed E-state index contributed by atoms with van der Waals surface area (Å²) in [5.74, 6) is 2.88. The second kappa shape index (κ2) is 13.8. The zero-order valence-corrected chi connectivity index (χ0v) is 16.1. The van der Waals surface area contributed by atoms with Gasteiger partial charge in [0.25, 0.3) is 0 Å². The summed E-state index contributed by atoms with van der Waals surface area (Å²) in [6.07, 6.45) is 19.6. The first-order chi connectivity index (χ1) is 9.12. The van der Waals surface area contributed by atoms with E-state index in [0.29, 0.717) is 0 Å². The summed E-state index contributed by atoms with van der Waals surface area (Å²) in [5, 5.41) is 0. The summed E-state index contributed by atoms with van der Waals surface area (Å²) in [5.41, 5.74) is 0. The minimum atomic E-state index is -0.455. The molecule has 0 aliphatic rings. The van der Waals surface area contributed by atoms with Gasteiger partial charge in [-0.3, -0.25) is 0 Å². The Balaban J connectivity index is 3.36. The molecule has 0 aromatic rings. The van der Waals surface area contributed by atoms with Gasteiger partial charge in [-0.15, -0.1) is 0 Å². The molecule has 0 aromatic carbocycles. The monoisotopic (exact) mass is 352 g/mol. The second-order valence-electron chi connectivity index (χ2n) is 6.10. The number of hydrogen-bond acceptors (Lipinski definition) is 0. The van der Waals surface area contributed by atoms with E-state index in [9.17, 15) is 0 Å². The Labute approximate surface area is 132 Å². The molecule has 0 radical (unpaired) electrons. The summed E-state index contributed by atoms with van der Waals surface area (Å²) >= 11 is 4.03. The Morgan fingerprint density at radius 3 is 1.26 bits per heavy atom. The molecule has 0 nitrogen and oxygen atoms in total. The van der Waals surface area contributed by atoms with Crippen LogP contribution < -0.4 is 0 Å². The van der Waals surface area contributed by atoms with Crippen molar-refractivity contribution in [1.82, 2.24) is 0 Å². The van der Waals surface area contributed by atoms with Crippen molar-refractivity contribution >= 4 is 23.3 Å². The molecule has 0 saturated heterocycles. The van der Waals surface area contributed by atoms with Crippen LogP contribution in [-0.2, 0) is 0 Å². The molecule has 0 aliphatic carbocycles. The van der Waals surface area contributed by atoms with E-state index in [1.165, 1.54) is 88.6 Å². The Hall–Kier alpha value is 0.830. The van der Waals surface area contributed by atoms with E-state index in [2.05, 4.69) is 34.9 Å². The summed E-state index contributed by atoms with van der Waals surface area (Å²) < 4.78 is 0.